The molecule has 0 radical (unpaired) electrons. The van der Waals surface area contributed by atoms with Gasteiger partial charge in [0.25, 0.3) is 0 Å². The molecular formula is C16H19FN2O2. The summed E-state index contributed by atoms with van der Waals surface area (Å²) in [4.78, 5) is 4.28. The third-order valence-electron chi connectivity index (χ3n) is 3.34. The summed E-state index contributed by atoms with van der Waals surface area (Å²) in [5.41, 5.74) is 2.23. The molecule has 112 valence electrons. The molecule has 0 aliphatic rings. The van der Waals surface area contributed by atoms with E-state index >= 15 is 0 Å². The van der Waals surface area contributed by atoms with Crippen molar-refractivity contribution in [1.82, 2.24) is 10.3 Å². The maximum Gasteiger partial charge on any atom is 0.165 e. The molecule has 21 heavy (non-hydrogen) atoms. The lowest BCUT2D eigenvalue weighted by molar-refractivity contribution is 0.385. The van der Waals surface area contributed by atoms with Crippen LogP contribution in [0, 0.1) is 12.7 Å². The van der Waals surface area contributed by atoms with E-state index in [-0.39, 0.29) is 23.4 Å². The number of ether oxygens (including phenoxy) is 1. The SMILES string of the molecule is COc1ccc(C(C)NCc2nc(C)ccc2O)cc1F. The first-order valence-corrected chi connectivity index (χ1v) is 6.73. The number of nitrogens with one attached hydrogen (secondary N) is 1. The normalized spacial score (nSPS) is 12.2. The van der Waals surface area contributed by atoms with Crippen molar-refractivity contribution in [3.05, 3.63) is 53.1 Å². The smallest absolute Gasteiger partial charge is 0.165 e. The summed E-state index contributed by atoms with van der Waals surface area (Å²) in [7, 11) is 1.44. The molecule has 0 fully saturated rings. The molecule has 0 bridgehead atoms. The number of pyridine rings is 1. The van der Waals surface area contributed by atoms with Crippen molar-refractivity contribution in [1.29, 1.82) is 0 Å². The molecule has 1 heterocycles. The summed E-state index contributed by atoms with van der Waals surface area (Å²) in [6.45, 7) is 4.20. The van der Waals surface area contributed by atoms with Crippen LogP contribution in [0.25, 0.3) is 0 Å². The fraction of sp³-hybridized carbons (Fsp3) is 0.312. The van der Waals surface area contributed by atoms with Gasteiger partial charge >= 0.3 is 0 Å². The van der Waals surface area contributed by atoms with Gasteiger partial charge in [0.05, 0.1) is 12.8 Å². The van der Waals surface area contributed by atoms with Crippen LogP contribution in [-0.4, -0.2) is 17.2 Å². The highest BCUT2D eigenvalue weighted by molar-refractivity contribution is 5.31. The number of aromatic hydroxyl groups is 1. The lowest BCUT2D eigenvalue weighted by Gasteiger charge is -2.15. The van der Waals surface area contributed by atoms with Gasteiger partial charge in [-0.3, -0.25) is 4.98 Å². The van der Waals surface area contributed by atoms with Gasteiger partial charge in [-0.25, -0.2) is 4.39 Å². The molecule has 2 rings (SSSR count). The van der Waals surface area contributed by atoms with Crippen molar-refractivity contribution < 1.29 is 14.2 Å². The lowest BCUT2D eigenvalue weighted by atomic mass is 10.1. The average molecular weight is 290 g/mol. The molecule has 0 saturated carbocycles. The third-order valence-corrected chi connectivity index (χ3v) is 3.34. The number of halogens is 1. The largest absolute Gasteiger partial charge is 0.506 e. The molecule has 2 N–H and O–H groups in total. The highest BCUT2D eigenvalue weighted by atomic mass is 19.1. The van der Waals surface area contributed by atoms with Gasteiger partial charge in [-0.15, -0.1) is 0 Å². The summed E-state index contributed by atoms with van der Waals surface area (Å²) in [5, 5.41) is 13.0. The second kappa shape index (κ2) is 6.54. The van der Waals surface area contributed by atoms with Gasteiger partial charge in [-0.2, -0.15) is 0 Å². The number of methoxy groups -OCH3 is 1. The number of aryl methyl sites for hydroxylation is 1. The summed E-state index contributed by atoms with van der Waals surface area (Å²) < 4.78 is 18.6. The highest BCUT2D eigenvalue weighted by Gasteiger charge is 2.11. The second-order valence-corrected chi connectivity index (χ2v) is 4.92. The van der Waals surface area contributed by atoms with Crippen LogP contribution in [0.5, 0.6) is 11.5 Å². The van der Waals surface area contributed by atoms with E-state index in [0.717, 1.165) is 11.3 Å². The molecule has 0 saturated heterocycles. The van der Waals surface area contributed by atoms with Crippen molar-refractivity contribution in [2.75, 3.05) is 7.11 Å². The predicted octanol–water partition coefficient (Wildman–Crippen LogP) is 3.09. The first-order chi connectivity index (χ1) is 10.0. The van der Waals surface area contributed by atoms with E-state index in [4.69, 9.17) is 4.74 Å². The molecule has 2 aromatic rings. The molecule has 1 aromatic heterocycles. The Morgan fingerprint density at radius 3 is 2.76 bits per heavy atom. The Morgan fingerprint density at radius 2 is 2.10 bits per heavy atom. The van der Waals surface area contributed by atoms with E-state index < -0.39 is 0 Å². The number of hydrogen-bond donors (Lipinski definition) is 2. The topological polar surface area (TPSA) is 54.4 Å². The molecule has 0 aliphatic carbocycles. The van der Waals surface area contributed by atoms with Gasteiger partial charge in [0.15, 0.2) is 11.6 Å². The lowest BCUT2D eigenvalue weighted by Crippen LogP contribution is -2.19. The summed E-state index contributed by atoms with van der Waals surface area (Å²) in [6.07, 6.45) is 0. The van der Waals surface area contributed by atoms with Gasteiger partial charge in [0.2, 0.25) is 0 Å². The molecule has 0 amide bonds. The first kappa shape index (κ1) is 15.3. The van der Waals surface area contributed by atoms with E-state index in [1.54, 1.807) is 18.2 Å². The second-order valence-electron chi connectivity index (χ2n) is 4.92. The van der Waals surface area contributed by atoms with Gasteiger partial charge in [-0.1, -0.05) is 6.07 Å². The maximum atomic E-state index is 13.7. The summed E-state index contributed by atoms with van der Waals surface area (Å²) in [6, 6.07) is 8.15. The molecule has 4 nitrogen and oxygen atoms in total. The Morgan fingerprint density at radius 1 is 1.33 bits per heavy atom. The molecule has 1 aromatic carbocycles. The number of benzene rings is 1. The molecule has 0 aliphatic heterocycles. The minimum absolute atomic E-state index is 0.0767. The minimum Gasteiger partial charge on any atom is -0.506 e. The monoisotopic (exact) mass is 290 g/mol. The van der Waals surface area contributed by atoms with Crippen molar-refractivity contribution >= 4 is 0 Å². The van der Waals surface area contributed by atoms with Gasteiger partial charge in [0, 0.05) is 18.3 Å². The Balaban J connectivity index is 2.06. The average Bonchev–Trinajstić information content (AvgIpc) is 2.47. The first-order valence-electron chi connectivity index (χ1n) is 6.73. The van der Waals surface area contributed by atoms with Crippen LogP contribution >= 0.6 is 0 Å². The van der Waals surface area contributed by atoms with Crippen LogP contribution in [0.3, 0.4) is 0 Å². The Labute approximate surface area is 123 Å². The molecule has 1 atom stereocenters. The predicted molar refractivity (Wildman–Crippen MR) is 78.8 cm³/mol. The van der Waals surface area contributed by atoms with Crippen LogP contribution in [0.4, 0.5) is 4.39 Å². The van der Waals surface area contributed by atoms with Crippen LogP contribution in [0.15, 0.2) is 30.3 Å². The van der Waals surface area contributed by atoms with Crippen LogP contribution in [0.1, 0.15) is 29.9 Å². The van der Waals surface area contributed by atoms with E-state index in [1.807, 2.05) is 19.9 Å². The van der Waals surface area contributed by atoms with Crippen molar-refractivity contribution in [2.24, 2.45) is 0 Å². The quantitative estimate of drug-likeness (QED) is 0.888. The number of rotatable bonds is 5. The number of aromatic nitrogens is 1. The summed E-state index contributed by atoms with van der Waals surface area (Å²) >= 11 is 0. The zero-order chi connectivity index (χ0) is 15.4. The highest BCUT2D eigenvalue weighted by Crippen LogP contribution is 2.22. The fourth-order valence-corrected chi connectivity index (χ4v) is 2.05. The standard InChI is InChI=1S/C16H19FN2O2/c1-10-4-6-15(20)14(19-10)9-18-11(2)12-5-7-16(21-3)13(17)8-12/h4-8,11,18,20H,9H2,1-3H3. The van der Waals surface area contributed by atoms with Crippen molar-refractivity contribution in [3.8, 4) is 11.5 Å². The zero-order valence-electron chi connectivity index (χ0n) is 12.4. The van der Waals surface area contributed by atoms with Gasteiger partial charge < -0.3 is 15.2 Å². The van der Waals surface area contributed by atoms with Gasteiger partial charge in [0.1, 0.15) is 5.75 Å². The van der Waals surface area contributed by atoms with E-state index in [2.05, 4.69) is 10.3 Å². The summed E-state index contributed by atoms with van der Waals surface area (Å²) in [5.74, 6) is -0.00895. The van der Waals surface area contributed by atoms with E-state index in [9.17, 15) is 9.50 Å². The molecular weight excluding hydrogens is 271 g/mol. The minimum atomic E-state index is -0.389. The third kappa shape index (κ3) is 3.70. The number of nitrogens with zero attached hydrogens (tertiary/aromatic N) is 1. The maximum absolute atomic E-state index is 13.7. The fourth-order valence-electron chi connectivity index (χ4n) is 2.05. The Bertz CT molecular complexity index is 632. The molecule has 5 heteroatoms. The Kier molecular flexibility index (Phi) is 4.75. The van der Waals surface area contributed by atoms with Crippen molar-refractivity contribution in [3.63, 3.8) is 0 Å². The van der Waals surface area contributed by atoms with Gasteiger partial charge in [-0.05, 0) is 43.7 Å². The van der Waals surface area contributed by atoms with Crippen LogP contribution in [0.2, 0.25) is 0 Å². The zero-order valence-corrected chi connectivity index (χ0v) is 12.4. The van der Waals surface area contributed by atoms with E-state index in [0.29, 0.717) is 12.2 Å². The van der Waals surface area contributed by atoms with Crippen LogP contribution < -0.4 is 10.1 Å². The van der Waals surface area contributed by atoms with E-state index in [1.165, 1.54) is 13.2 Å². The number of hydrogen-bond acceptors (Lipinski definition) is 4. The molecule has 0 spiro atoms. The Hall–Kier alpha value is -2.14. The van der Waals surface area contributed by atoms with Crippen molar-refractivity contribution in [2.45, 2.75) is 26.4 Å². The molecule has 1 unspecified atom stereocenters. The van der Waals surface area contributed by atoms with Crippen LogP contribution in [-0.2, 0) is 6.54 Å².